The molecule has 0 saturated heterocycles. The maximum atomic E-state index is 13.5. The van der Waals surface area contributed by atoms with Crippen molar-refractivity contribution in [2.24, 2.45) is 0 Å². The maximum Gasteiger partial charge on any atom is 0.306 e. The highest BCUT2D eigenvalue weighted by Gasteiger charge is 2.27. The molecule has 0 saturated carbocycles. The summed E-state index contributed by atoms with van der Waals surface area (Å²) in [6.45, 7) is 6.89. The molecule has 75 heavy (non-hydrogen) atoms. The van der Waals surface area contributed by atoms with Crippen molar-refractivity contribution >= 4 is 19.7 Å². The number of carbonyl (C=O) groups excluding carboxylic acids is 2. The van der Waals surface area contributed by atoms with Crippen LogP contribution in [0.4, 0.5) is 0 Å². The van der Waals surface area contributed by atoms with Crippen LogP contribution in [0.3, 0.4) is 0 Å². The van der Waals surface area contributed by atoms with Gasteiger partial charge in [0.15, 0.2) is 0 Å². The molecule has 0 spiro atoms. The number of phosphoric ester groups is 1. The highest BCUT2D eigenvalue weighted by Crippen LogP contribution is 2.38. The molecule has 0 radical (unpaired) electrons. The molecule has 0 aromatic rings. The number of ether oxygens (including phenoxy) is 1. The summed E-state index contributed by atoms with van der Waals surface area (Å²) >= 11 is 0. The molecule has 10 heteroatoms. The number of hydrogen-bond acceptors (Lipinski definition) is 7. The summed E-state index contributed by atoms with van der Waals surface area (Å²) in [6, 6.07) is -0.879. The van der Waals surface area contributed by atoms with Gasteiger partial charge in [-0.05, 0) is 31.8 Å². The number of allylic oxidation sites excluding steroid dienone is 1. The van der Waals surface area contributed by atoms with Crippen molar-refractivity contribution < 1.29 is 37.3 Å². The number of quaternary nitrogens is 1. The van der Waals surface area contributed by atoms with Crippen LogP contribution in [0.1, 0.15) is 342 Å². The van der Waals surface area contributed by atoms with Gasteiger partial charge < -0.3 is 28.5 Å². The lowest BCUT2D eigenvalue weighted by Gasteiger charge is -2.30. The van der Waals surface area contributed by atoms with E-state index in [9.17, 15) is 19.0 Å². The molecular weight excluding hydrogens is 952 g/mol. The van der Waals surface area contributed by atoms with Gasteiger partial charge in [0.05, 0.1) is 33.8 Å². The molecule has 3 unspecified atom stereocenters. The maximum absolute atomic E-state index is 13.5. The first-order valence-corrected chi connectivity index (χ1v) is 34.5. The smallest absolute Gasteiger partial charge is 0.306 e. The third-order valence-corrected chi connectivity index (χ3v) is 16.2. The predicted octanol–water partition coefficient (Wildman–Crippen LogP) is 19.7. The fourth-order valence-corrected chi connectivity index (χ4v) is 10.8. The third-order valence-electron chi connectivity index (χ3n) is 15.2. The van der Waals surface area contributed by atoms with E-state index in [2.05, 4.69) is 26.1 Å². The molecule has 0 aliphatic rings. The van der Waals surface area contributed by atoms with Crippen LogP contribution in [0.25, 0.3) is 0 Å². The topological polar surface area (TPSA) is 114 Å². The zero-order chi connectivity index (χ0) is 55.0. The Morgan fingerprint density at radius 1 is 0.453 bits per heavy atom. The summed E-state index contributed by atoms with van der Waals surface area (Å²) in [5, 5.41) is 3.04. The van der Waals surface area contributed by atoms with Gasteiger partial charge in [0.2, 0.25) is 5.91 Å². The molecule has 9 nitrogen and oxygen atoms in total. The van der Waals surface area contributed by atoms with E-state index in [1.165, 1.54) is 250 Å². The molecule has 1 N–H and O–H groups in total. The number of carbonyl (C=O) groups is 2. The summed E-state index contributed by atoms with van der Waals surface area (Å²) in [7, 11) is 1.21. The minimum atomic E-state index is -4.69. The Kier molecular flexibility index (Phi) is 55.1. The normalized spacial score (nSPS) is 13.6. The molecule has 0 bridgehead atoms. The third kappa shape index (κ3) is 57.3. The number of nitrogens with one attached hydrogen (secondary N) is 1. The van der Waals surface area contributed by atoms with E-state index in [1.807, 2.05) is 33.3 Å². The molecule has 0 aliphatic heterocycles. The fraction of sp³-hybridized carbons (Fsp3) is 0.938. The first-order valence-electron chi connectivity index (χ1n) is 33.0. The number of hydrogen-bond donors (Lipinski definition) is 1. The fourth-order valence-electron chi connectivity index (χ4n) is 10.1. The van der Waals surface area contributed by atoms with Crippen molar-refractivity contribution in [1.29, 1.82) is 0 Å². The van der Waals surface area contributed by atoms with Gasteiger partial charge in [-0.1, -0.05) is 309 Å². The highest BCUT2D eigenvalue weighted by atomic mass is 31.2. The molecule has 0 heterocycles. The predicted molar refractivity (Wildman–Crippen MR) is 321 cm³/mol. The number of rotatable bonds is 61. The Morgan fingerprint density at radius 3 is 1.09 bits per heavy atom. The highest BCUT2D eigenvalue weighted by molar-refractivity contribution is 7.45. The first kappa shape index (κ1) is 73.8. The van der Waals surface area contributed by atoms with Crippen LogP contribution in [0.2, 0.25) is 0 Å². The van der Waals surface area contributed by atoms with Gasteiger partial charge in [-0.3, -0.25) is 14.2 Å². The average Bonchev–Trinajstić information content (AvgIpc) is 3.37. The van der Waals surface area contributed by atoms with E-state index in [0.29, 0.717) is 17.4 Å². The van der Waals surface area contributed by atoms with Crippen molar-refractivity contribution in [3.8, 4) is 0 Å². The van der Waals surface area contributed by atoms with Crippen LogP contribution in [0.15, 0.2) is 12.2 Å². The van der Waals surface area contributed by atoms with Crippen molar-refractivity contribution in [3.05, 3.63) is 12.2 Å². The summed E-state index contributed by atoms with van der Waals surface area (Å²) in [5.41, 5.74) is 0. The SMILES string of the molecule is CCCCCCCCCCCCC/C=C/C(OC(=O)CCCCCCCCCCCCC)C(COP(=O)([O-])OCC[N+](C)(C)C)NC(=O)CCCCCCCCCCCCCCCCCCCCCCCCCCC. The second kappa shape index (κ2) is 56.0. The number of nitrogens with zero attached hydrogens (tertiary/aromatic N) is 1. The van der Waals surface area contributed by atoms with Crippen LogP contribution in [0, 0.1) is 0 Å². The van der Waals surface area contributed by atoms with Crippen LogP contribution < -0.4 is 10.2 Å². The number of unbranched alkanes of at least 4 members (excludes halogenated alkanes) is 45. The molecule has 0 rings (SSSR count). The summed E-state index contributed by atoms with van der Waals surface area (Å²) < 4.78 is 30.3. The second-order valence-corrected chi connectivity index (χ2v) is 25.4. The van der Waals surface area contributed by atoms with Gasteiger partial charge in [-0.2, -0.15) is 0 Å². The molecule has 3 atom stereocenters. The van der Waals surface area contributed by atoms with E-state index in [4.69, 9.17) is 13.8 Å². The van der Waals surface area contributed by atoms with Crippen LogP contribution in [-0.4, -0.2) is 69.4 Å². The molecule has 1 amide bonds. The minimum Gasteiger partial charge on any atom is -0.756 e. The molecule has 0 fully saturated rings. The second-order valence-electron chi connectivity index (χ2n) is 24.0. The quantitative estimate of drug-likeness (QED) is 0.0212. The molecule has 0 aromatic heterocycles. The average molecular weight is 1080 g/mol. The largest absolute Gasteiger partial charge is 0.756 e. The Hall–Kier alpha value is -1.25. The zero-order valence-electron chi connectivity index (χ0n) is 51.0. The Labute approximate surface area is 467 Å². The van der Waals surface area contributed by atoms with Gasteiger partial charge in [-0.15, -0.1) is 0 Å². The number of amides is 1. The lowest BCUT2D eigenvalue weighted by molar-refractivity contribution is -0.870. The van der Waals surface area contributed by atoms with Crippen molar-refractivity contribution in [2.75, 3.05) is 40.9 Å². The number of phosphoric acid groups is 1. The number of esters is 1. The Balaban J connectivity index is 4.99. The van der Waals surface area contributed by atoms with E-state index in [0.717, 1.165) is 57.8 Å². The molecule has 446 valence electrons. The van der Waals surface area contributed by atoms with Crippen molar-refractivity contribution in [2.45, 2.75) is 354 Å². The lowest BCUT2D eigenvalue weighted by atomic mass is 10.0. The van der Waals surface area contributed by atoms with E-state index < -0.39 is 20.0 Å². The monoisotopic (exact) mass is 1080 g/mol. The van der Waals surface area contributed by atoms with E-state index in [1.54, 1.807) is 0 Å². The molecule has 0 aromatic carbocycles. The molecular formula is C65H129N2O7P. The lowest BCUT2D eigenvalue weighted by Crippen LogP contribution is -2.47. The Morgan fingerprint density at radius 2 is 0.760 bits per heavy atom. The first-order chi connectivity index (χ1) is 36.4. The molecule has 0 aliphatic carbocycles. The van der Waals surface area contributed by atoms with Gasteiger partial charge >= 0.3 is 5.97 Å². The van der Waals surface area contributed by atoms with E-state index >= 15 is 0 Å². The van der Waals surface area contributed by atoms with Gasteiger partial charge in [-0.25, -0.2) is 0 Å². The van der Waals surface area contributed by atoms with Crippen LogP contribution in [-0.2, 0) is 27.9 Å². The van der Waals surface area contributed by atoms with Crippen molar-refractivity contribution in [1.82, 2.24) is 5.32 Å². The van der Waals surface area contributed by atoms with Gasteiger partial charge in [0.1, 0.15) is 19.3 Å². The summed E-state index contributed by atoms with van der Waals surface area (Å²) in [5.74, 6) is -0.520. The Bertz CT molecular complexity index is 1290. The van der Waals surface area contributed by atoms with Crippen molar-refractivity contribution in [3.63, 3.8) is 0 Å². The van der Waals surface area contributed by atoms with E-state index in [-0.39, 0.29) is 31.5 Å². The van der Waals surface area contributed by atoms with Gasteiger partial charge in [0.25, 0.3) is 7.82 Å². The van der Waals surface area contributed by atoms with Crippen LogP contribution >= 0.6 is 7.82 Å². The standard InChI is InChI=1S/C65H129N2O7P/c1-7-10-13-16-19-22-25-27-28-29-30-31-32-33-34-35-36-37-38-40-43-45-48-51-54-57-64(68)66-62(61-73-75(70,71)72-60-59-67(4,5)6)63(56-53-50-47-44-42-39-26-23-20-17-14-11-8-2)74-65(69)58-55-52-49-46-41-24-21-18-15-12-9-3/h53,56,62-63H,7-52,54-55,57-61H2,1-6H3,(H-,66,68,70,71)/b56-53+. The summed E-state index contributed by atoms with van der Waals surface area (Å²) in [6.07, 6.45) is 64.8. The minimum absolute atomic E-state index is 0.0167. The number of likely N-dealkylation sites (N-methyl/N-ethyl adjacent to an activating group) is 1. The van der Waals surface area contributed by atoms with Gasteiger partial charge in [0, 0.05) is 12.8 Å². The zero-order valence-corrected chi connectivity index (χ0v) is 51.9. The summed E-state index contributed by atoms with van der Waals surface area (Å²) in [4.78, 5) is 40.0. The van der Waals surface area contributed by atoms with Crippen LogP contribution in [0.5, 0.6) is 0 Å².